The van der Waals surface area contributed by atoms with Crippen molar-refractivity contribution in [3.8, 4) is 5.75 Å². The topological polar surface area (TPSA) is 84.5 Å². The maximum absolute atomic E-state index is 14.7. The monoisotopic (exact) mass is 448 g/mol. The van der Waals surface area contributed by atoms with Gasteiger partial charge in [0, 0.05) is 11.5 Å². The second-order valence-electron chi connectivity index (χ2n) is 8.29. The summed E-state index contributed by atoms with van der Waals surface area (Å²) in [6.45, 7) is 5.46. The van der Waals surface area contributed by atoms with E-state index in [1.54, 1.807) is 27.0 Å². The molecule has 8 heteroatoms. The van der Waals surface area contributed by atoms with E-state index >= 15 is 0 Å². The first kappa shape index (κ1) is 23.1. The lowest BCUT2D eigenvalue weighted by Gasteiger charge is -2.31. The maximum atomic E-state index is 14.7. The van der Waals surface area contributed by atoms with E-state index < -0.39 is 21.9 Å². The second kappa shape index (κ2) is 8.86. The van der Waals surface area contributed by atoms with Crippen molar-refractivity contribution in [1.29, 1.82) is 0 Å². The van der Waals surface area contributed by atoms with Crippen LogP contribution in [0.2, 0.25) is 0 Å². The molecule has 0 spiro atoms. The van der Waals surface area contributed by atoms with Gasteiger partial charge in [-0.2, -0.15) is 0 Å². The van der Waals surface area contributed by atoms with Crippen molar-refractivity contribution < 1.29 is 22.3 Å². The Labute approximate surface area is 183 Å². The van der Waals surface area contributed by atoms with Gasteiger partial charge in [-0.15, -0.1) is 0 Å². The molecule has 1 amide bonds. The van der Waals surface area contributed by atoms with E-state index in [9.17, 15) is 17.6 Å². The van der Waals surface area contributed by atoms with E-state index in [2.05, 4.69) is 10.0 Å². The number of halogens is 1. The first-order valence-electron chi connectivity index (χ1n) is 10.2. The number of fused-ring (bicyclic) bond motifs is 1. The average Bonchev–Trinajstić information content (AvgIpc) is 2.69. The number of hydrogen-bond acceptors (Lipinski definition) is 4. The number of ether oxygens (including phenoxy) is 1. The minimum absolute atomic E-state index is 0.0368. The Morgan fingerprint density at radius 3 is 2.61 bits per heavy atom. The number of rotatable bonds is 6. The van der Waals surface area contributed by atoms with Crippen molar-refractivity contribution >= 4 is 21.6 Å². The molecule has 1 aliphatic carbocycles. The average molecular weight is 449 g/mol. The van der Waals surface area contributed by atoms with Crippen molar-refractivity contribution in [2.75, 3.05) is 18.1 Å². The summed E-state index contributed by atoms with van der Waals surface area (Å²) < 4.78 is 45.2. The van der Waals surface area contributed by atoms with Crippen LogP contribution in [-0.4, -0.2) is 27.7 Å². The van der Waals surface area contributed by atoms with Gasteiger partial charge in [0.25, 0.3) is 0 Å². The van der Waals surface area contributed by atoms with Crippen molar-refractivity contribution in [1.82, 2.24) is 5.32 Å². The minimum Gasteiger partial charge on any atom is -0.497 e. The number of carbonyl (C=O) groups excluding carboxylic acids is 1. The number of amides is 1. The van der Waals surface area contributed by atoms with Crippen LogP contribution < -0.4 is 14.8 Å². The van der Waals surface area contributed by atoms with Crippen LogP contribution in [-0.2, 0) is 21.2 Å². The Hall–Kier alpha value is -2.61. The molecule has 0 heterocycles. The Balaban J connectivity index is 1.75. The van der Waals surface area contributed by atoms with E-state index in [4.69, 9.17) is 4.74 Å². The molecule has 0 saturated carbocycles. The molecule has 0 bridgehead atoms. The molecule has 0 saturated heterocycles. The van der Waals surface area contributed by atoms with Gasteiger partial charge in [0.15, 0.2) is 0 Å². The number of methoxy groups -OCH3 is 1. The molecule has 2 N–H and O–H groups in total. The van der Waals surface area contributed by atoms with Gasteiger partial charge in [-0.25, -0.2) is 12.8 Å². The molecule has 2 aromatic carbocycles. The summed E-state index contributed by atoms with van der Waals surface area (Å²) in [7, 11) is -1.88. The van der Waals surface area contributed by atoms with Crippen molar-refractivity contribution in [3.05, 3.63) is 58.4 Å². The number of carbonyl (C=O) groups is 1. The molecule has 3 atom stereocenters. The van der Waals surface area contributed by atoms with Crippen molar-refractivity contribution in [3.63, 3.8) is 0 Å². The summed E-state index contributed by atoms with van der Waals surface area (Å²) in [6, 6.07) is 8.11. The Bertz CT molecular complexity index is 1100. The molecule has 0 radical (unpaired) electrons. The molecule has 1 aliphatic rings. The fourth-order valence-electron chi connectivity index (χ4n) is 4.25. The van der Waals surface area contributed by atoms with Gasteiger partial charge in [-0.1, -0.05) is 13.0 Å². The third kappa shape index (κ3) is 5.18. The molecule has 168 valence electrons. The van der Waals surface area contributed by atoms with Crippen LogP contribution in [0.3, 0.4) is 0 Å². The summed E-state index contributed by atoms with van der Waals surface area (Å²) in [4.78, 5) is 13.0. The molecule has 6 nitrogen and oxygen atoms in total. The lowest BCUT2D eigenvalue weighted by Crippen LogP contribution is -2.37. The van der Waals surface area contributed by atoms with Crippen LogP contribution >= 0.6 is 0 Å². The molecule has 2 aromatic rings. The predicted octanol–water partition coefficient (Wildman–Crippen LogP) is 4.06. The summed E-state index contributed by atoms with van der Waals surface area (Å²) >= 11 is 0. The van der Waals surface area contributed by atoms with Crippen LogP contribution in [0.25, 0.3) is 0 Å². The molecular weight excluding hydrogens is 419 g/mol. The summed E-state index contributed by atoms with van der Waals surface area (Å²) in [5.74, 6) is -0.0499. The van der Waals surface area contributed by atoms with Gasteiger partial charge < -0.3 is 10.1 Å². The third-order valence-electron chi connectivity index (χ3n) is 5.97. The van der Waals surface area contributed by atoms with E-state index in [1.165, 1.54) is 5.56 Å². The van der Waals surface area contributed by atoms with Crippen LogP contribution in [0.4, 0.5) is 10.1 Å². The first-order valence-corrected chi connectivity index (χ1v) is 12.1. The second-order valence-corrected chi connectivity index (χ2v) is 10.0. The number of sulfonamides is 1. The number of anilines is 1. The molecule has 0 aliphatic heterocycles. The number of benzene rings is 2. The molecule has 0 fully saturated rings. The van der Waals surface area contributed by atoms with Crippen LogP contribution in [0.1, 0.15) is 54.5 Å². The highest BCUT2D eigenvalue weighted by Crippen LogP contribution is 2.38. The number of nitrogens with one attached hydrogen (secondary N) is 2. The van der Waals surface area contributed by atoms with Crippen molar-refractivity contribution in [2.45, 2.75) is 45.6 Å². The summed E-state index contributed by atoms with van der Waals surface area (Å²) in [6.07, 6.45) is 2.50. The van der Waals surface area contributed by atoms with E-state index in [-0.39, 0.29) is 23.4 Å². The van der Waals surface area contributed by atoms with Crippen LogP contribution in [0, 0.1) is 18.7 Å². The first-order chi connectivity index (χ1) is 14.5. The fraction of sp³-hybridized carbons (Fsp3) is 0.435. The normalized spacial score (nSPS) is 19.3. The van der Waals surface area contributed by atoms with Gasteiger partial charge in [0.05, 0.1) is 25.1 Å². The zero-order chi connectivity index (χ0) is 22.9. The van der Waals surface area contributed by atoms with Crippen LogP contribution in [0.5, 0.6) is 5.75 Å². The maximum Gasteiger partial charge on any atom is 0.229 e. The highest BCUT2D eigenvalue weighted by molar-refractivity contribution is 7.92. The predicted molar refractivity (Wildman–Crippen MR) is 119 cm³/mol. The summed E-state index contributed by atoms with van der Waals surface area (Å²) in [5, 5.41) is 2.94. The largest absolute Gasteiger partial charge is 0.497 e. The fourth-order valence-corrected chi connectivity index (χ4v) is 4.87. The lowest BCUT2D eigenvalue weighted by atomic mass is 9.75. The van der Waals surface area contributed by atoms with Crippen molar-refractivity contribution in [2.24, 2.45) is 5.92 Å². The standard InChI is InChI=1S/C23H29FN2O4S/c1-13-10-20(21(24)12-22(13)26-31(5,28)29)15(3)25-23(27)19-8-6-16-11-17(30-4)7-9-18(16)14(19)2/h7,9-12,14-15,19,26H,6,8H2,1-5H3,(H,25,27)/t14?,15-,19?/m1/s1. The highest BCUT2D eigenvalue weighted by atomic mass is 32.2. The highest BCUT2D eigenvalue weighted by Gasteiger charge is 2.32. The Morgan fingerprint density at radius 2 is 1.97 bits per heavy atom. The summed E-state index contributed by atoms with van der Waals surface area (Å²) in [5.41, 5.74) is 3.42. The molecule has 3 rings (SSSR count). The quantitative estimate of drug-likeness (QED) is 0.698. The Kier molecular flexibility index (Phi) is 6.59. The van der Waals surface area contributed by atoms with E-state index in [1.807, 2.05) is 25.1 Å². The van der Waals surface area contributed by atoms with Gasteiger partial charge >= 0.3 is 0 Å². The zero-order valence-electron chi connectivity index (χ0n) is 18.5. The smallest absolute Gasteiger partial charge is 0.229 e. The van der Waals surface area contributed by atoms with E-state index in [0.717, 1.165) is 30.1 Å². The van der Waals surface area contributed by atoms with Gasteiger partial charge in [0.2, 0.25) is 15.9 Å². The number of hydrogen-bond donors (Lipinski definition) is 2. The molecule has 31 heavy (non-hydrogen) atoms. The van der Waals surface area contributed by atoms with Crippen LogP contribution in [0.15, 0.2) is 30.3 Å². The Morgan fingerprint density at radius 1 is 1.26 bits per heavy atom. The van der Waals surface area contributed by atoms with Gasteiger partial charge in [0.1, 0.15) is 11.6 Å². The minimum atomic E-state index is -3.51. The molecule has 0 aromatic heterocycles. The molecule has 2 unspecified atom stereocenters. The molecular formula is C23H29FN2O4S. The number of aryl methyl sites for hydroxylation is 2. The lowest BCUT2D eigenvalue weighted by molar-refractivity contribution is -0.126. The van der Waals surface area contributed by atoms with Gasteiger partial charge in [-0.05, 0) is 73.6 Å². The van der Waals surface area contributed by atoms with E-state index in [0.29, 0.717) is 17.5 Å². The zero-order valence-corrected chi connectivity index (χ0v) is 19.3. The SMILES string of the molecule is COc1ccc2c(c1)CCC(C(=O)N[C@H](C)c1cc(C)c(NS(C)(=O)=O)cc1F)C2C. The van der Waals surface area contributed by atoms with Gasteiger partial charge in [-0.3, -0.25) is 9.52 Å². The third-order valence-corrected chi connectivity index (χ3v) is 6.56.